The highest BCUT2D eigenvalue weighted by atomic mass is 32.2. The minimum atomic E-state index is -3.20. The van der Waals surface area contributed by atoms with Crippen LogP contribution >= 0.6 is 0 Å². The number of esters is 1. The van der Waals surface area contributed by atoms with Crippen LogP contribution in [0, 0.1) is 0 Å². The molecule has 0 aromatic heterocycles. The van der Waals surface area contributed by atoms with Crippen LogP contribution in [0.3, 0.4) is 0 Å². The van der Waals surface area contributed by atoms with Gasteiger partial charge >= 0.3 is 5.97 Å². The molecule has 1 aliphatic rings. The second-order valence-electron chi connectivity index (χ2n) is 6.96. The minimum Gasteiger partial charge on any atom is -0.454 e. The van der Waals surface area contributed by atoms with E-state index >= 15 is 0 Å². The average molecular weight is 386 g/mol. The van der Waals surface area contributed by atoms with E-state index in [1.54, 1.807) is 18.2 Å². The molecule has 2 aromatic carbocycles. The Balaban J connectivity index is 1.63. The van der Waals surface area contributed by atoms with E-state index in [1.165, 1.54) is 29.7 Å². The summed E-state index contributed by atoms with van der Waals surface area (Å²) in [4.78, 5) is 24.6. The van der Waals surface area contributed by atoms with Crippen molar-refractivity contribution < 1.29 is 22.7 Å². The van der Waals surface area contributed by atoms with E-state index in [0.717, 1.165) is 25.5 Å². The zero-order valence-corrected chi connectivity index (χ0v) is 16.1. The summed E-state index contributed by atoms with van der Waals surface area (Å²) in [5, 5.41) is 0. The van der Waals surface area contributed by atoms with E-state index in [-0.39, 0.29) is 23.7 Å². The van der Waals surface area contributed by atoms with Gasteiger partial charge in [0.25, 0.3) is 0 Å². The largest absolute Gasteiger partial charge is 0.454 e. The van der Waals surface area contributed by atoms with Gasteiger partial charge in [-0.1, -0.05) is 24.3 Å². The van der Waals surface area contributed by atoms with E-state index in [2.05, 4.69) is 0 Å². The highest BCUT2D eigenvalue weighted by Gasteiger charge is 2.16. The number of hydrogen-bond donors (Lipinski definition) is 0. The molecule has 0 amide bonds. The van der Waals surface area contributed by atoms with Crippen LogP contribution in [0.5, 0.6) is 0 Å². The lowest BCUT2D eigenvalue weighted by atomic mass is 9.90. The van der Waals surface area contributed by atoms with Crippen LogP contribution in [0.1, 0.15) is 50.2 Å². The lowest BCUT2D eigenvalue weighted by molar-refractivity contribution is 0.0474. The summed E-state index contributed by atoms with van der Waals surface area (Å²) in [6, 6.07) is 11.9. The van der Waals surface area contributed by atoms with Crippen molar-refractivity contribution in [3.8, 4) is 0 Å². The van der Waals surface area contributed by atoms with E-state index < -0.39 is 15.8 Å². The fourth-order valence-electron chi connectivity index (χ4n) is 3.30. The summed E-state index contributed by atoms with van der Waals surface area (Å²) in [5.41, 5.74) is 3.78. The monoisotopic (exact) mass is 386 g/mol. The molecule has 5 nitrogen and oxygen atoms in total. The summed E-state index contributed by atoms with van der Waals surface area (Å²) < 4.78 is 27.9. The molecule has 27 heavy (non-hydrogen) atoms. The molecule has 0 fully saturated rings. The number of fused-ring (bicyclic) bond motifs is 1. The van der Waals surface area contributed by atoms with Crippen LogP contribution in [0.25, 0.3) is 0 Å². The van der Waals surface area contributed by atoms with Crippen molar-refractivity contribution >= 4 is 21.6 Å². The number of ketones is 1. The van der Waals surface area contributed by atoms with Crippen LogP contribution in [-0.2, 0) is 33.2 Å². The highest BCUT2D eigenvalue weighted by Crippen LogP contribution is 2.22. The molecular formula is C21H22O5S. The summed E-state index contributed by atoms with van der Waals surface area (Å²) >= 11 is 0. The molecule has 142 valence electrons. The molecule has 0 unspecified atom stereocenters. The van der Waals surface area contributed by atoms with E-state index in [9.17, 15) is 18.0 Å². The third kappa shape index (κ3) is 5.26. The molecule has 2 aromatic rings. The topological polar surface area (TPSA) is 77.5 Å². The van der Waals surface area contributed by atoms with Gasteiger partial charge in [-0.25, -0.2) is 13.2 Å². The van der Waals surface area contributed by atoms with Gasteiger partial charge in [0, 0.05) is 11.8 Å². The Kier molecular flexibility index (Phi) is 5.75. The highest BCUT2D eigenvalue weighted by molar-refractivity contribution is 7.89. The van der Waals surface area contributed by atoms with Crippen LogP contribution < -0.4 is 0 Å². The Morgan fingerprint density at radius 2 is 1.70 bits per heavy atom. The van der Waals surface area contributed by atoms with Crippen molar-refractivity contribution in [1.29, 1.82) is 0 Å². The van der Waals surface area contributed by atoms with Crippen LogP contribution in [-0.4, -0.2) is 33.0 Å². The molecule has 0 saturated carbocycles. The van der Waals surface area contributed by atoms with E-state index in [1.807, 2.05) is 12.1 Å². The van der Waals surface area contributed by atoms with Gasteiger partial charge in [0.2, 0.25) is 0 Å². The molecule has 0 saturated heterocycles. The predicted octanol–water partition coefficient (Wildman–Crippen LogP) is 3.15. The Morgan fingerprint density at radius 3 is 2.44 bits per heavy atom. The number of benzene rings is 2. The molecule has 0 heterocycles. The molecule has 6 heteroatoms. The molecule has 0 N–H and O–H groups in total. The van der Waals surface area contributed by atoms with E-state index in [4.69, 9.17) is 4.74 Å². The van der Waals surface area contributed by atoms with Crippen molar-refractivity contribution in [2.75, 3.05) is 12.9 Å². The first-order valence-corrected chi connectivity index (χ1v) is 11.0. The number of aryl methyl sites for hydroxylation is 2. The lowest BCUT2D eigenvalue weighted by Crippen LogP contribution is -2.15. The molecule has 0 aliphatic heterocycles. The third-order valence-electron chi connectivity index (χ3n) is 4.60. The fraction of sp³-hybridized carbons (Fsp3) is 0.333. The second-order valence-corrected chi connectivity index (χ2v) is 9.10. The lowest BCUT2D eigenvalue weighted by Gasteiger charge is -2.16. The van der Waals surface area contributed by atoms with Gasteiger partial charge in [0.1, 0.15) is 0 Å². The van der Waals surface area contributed by atoms with Crippen LogP contribution in [0.2, 0.25) is 0 Å². The summed E-state index contributed by atoms with van der Waals surface area (Å²) in [6.07, 6.45) is 5.46. The molecular weight excluding hydrogens is 364 g/mol. The van der Waals surface area contributed by atoms with Gasteiger partial charge < -0.3 is 4.74 Å². The summed E-state index contributed by atoms with van der Waals surface area (Å²) in [7, 11) is -3.20. The fourth-order valence-corrected chi connectivity index (χ4v) is 4.08. The SMILES string of the molecule is CS(=O)(=O)Cc1cccc(C(=O)OCC(=O)c2ccc3c(c2)CCCC3)c1. The molecule has 0 atom stereocenters. The van der Waals surface area contributed by atoms with Gasteiger partial charge in [-0.15, -0.1) is 0 Å². The second kappa shape index (κ2) is 8.05. The van der Waals surface area contributed by atoms with Crippen molar-refractivity contribution in [2.24, 2.45) is 0 Å². The number of Topliss-reactive ketones (excluding diaryl/α,β-unsaturated/α-hetero) is 1. The number of sulfone groups is 1. The van der Waals surface area contributed by atoms with Gasteiger partial charge in [-0.2, -0.15) is 0 Å². The van der Waals surface area contributed by atoms with Gasteiger partial charge in [-0.05, 0) is 60.6 Å². The van der Waals surface area contributed by atoms with Crippen molar-refractivity contribution in [1.82, 2.24) is 0 Å². The maximum atomic E-state index is 12.4. The molecule has 0 spiro atoms. The van der Waals surface area contributed by atoms with Crippen molar-refractivity contribution in [3.05, 3.63) is 70.3 Å². The number of hydrogen-bond acceptors (Lipinski definition) is 5. The first-order chi connectivity index (χ1) is 12.8. The zero-order chi connectivity index (χ0) is 19.4. The Bertz CT molecular complexity index is 976. The molecule has 0 bridgehead atoms. The van der Waals surface area contributed by atoms with E-state index in [0.29, 0.717) is 11.1 Å². The number of carbonyl (C=O) groups is 2. The first-order valence-electron chi connectivity index (χ1n) is 8.90. The quantitative estimate of drug-likeness (QED) is 0.563. The maximum absolute atomic E-state index is 12.4. The molecule has 1 aliphatic carbocycles. The Labute approximate surface area is 159 Å². The minimum absolute atomic E-state index is 0.151. The van der Waals surface area contributed by atoms with Gasteiger partial charge in [-0.3, -0.25) is 4.79 Å². The average Bonchev–Trinajstić information content (AvgIpc) is 2.64. The first kappa shape index (κ1) is 19.3. The Hall–Kier alpha value is -2.47. The van der Waals surface area contributed by atoms with Gasteiger partial charge in [0.05, 0.1) is 11.3 Å². The molecule has 0 radical (unpaired) electrons. The standard InChI is InChI=1S/C21H22O5S/c1-27(24,25)14-15-5-4-8-19(11-15)21(23)26-13-20(22)18-10-9-16-6-2-3-7-17(16)12-18/h4-5,8-12H,2-3,6-7,13-14H2,1H3. The van der Waals surface area contributed by atoms with Crippen molar-refractivity contribution in [3.63, 3.8) is 0 Å². The number of carbonyl (C=O) groups excluding carboxylic acids is 2. The summed E-state index contributed by atoms with van der Waals surface area (Å²) in [6.45, 7) is -0.339. The maximum Gasteiger partial charge on any atom is 0.338 e. The van der Waals surface area contributed by atoms with Crippen molar-refractivity contribution in [2.45, 2.75) is 31.4 Å². The Morgan fingerprint density at radius 1 is 0.963 bits per heavy atom. The number of ether oxygens (including phenoxy) is 1. The smallest absolute Gasteiger partial charge is 0.338 e. The molecule has 3 rings (SSSR count). The van der Waals surface area contributed by atoms with Crippen LogP contribution in [0.4, 0.5) is 0 Å². The summed E-state index contributed by atoms with van der Waals surface area (Å²) in [5.74, 6) is -1.04. The van der Waals surface area contributed by atoms with Gasteiger partial charge in [0.15, 0.2) is 22.2 Å². The normalized spacial score (nSPS) is 13.7. The van der Waals surface area contributed by atoms with Crippen LogP contribution in [0.15, 0.2) is 42.5 Å². The predicted molar refractivity (Wildman–Crippen MR) is 103 cm³/mol. The number of rotatable bonds is 6. The third-order valence-corrected chi connectivity index (χ3v) is 5.45. The zero-order valence-electron chi connectivity index (χ0n) is 15.2.